The smallest absolute Gasteiger partial charge is 0.334 e. The summed E-state index contributed by atoms with van der Waals surface area (Å²) in [6.07, 6.45) is -4.60. The molecule has 0 heterocycles. The van der Waals surface area contributed by atoms with E-state index in [1.165, 1.54) is 23.1 Å². The number of alkyl halides is 3. The summed E-state index contributed by atoms with van der Waals surface area (Å²) in [5.41, 5.74) is 5.54. The number of halogens is 4. The lowest BCUT2D eigenvalue weighted by atomic mass is 10.0. The molecule has 0 saturated carbocycles. The van der Waals surface area contributed by atoms with Crippen molar-refractivity contribution in [3.05, 3.63) is 65.7 Å². The first-order valence-electron chi connectivity index (χ1n) is 8.76. The molecule has 0 saturated heterocycles. The molecule has 0 spiro atoms. The highest BCUT2D eigenvalue weighted by molar-refractivity contribution is 5.95. The lowest BCUT2D eigenvalue weighted by molar-refractivity contribution is -0.137. The van der Waals surface area contributed by atoms with E-state index in [-0.39, 0.29) is 43.5 Å². The minimum atomic E-state index is -4.59. The number of nitrogens with one attached hydrogen (secondary N) is 1. The third-order valence-corrected chi connectivity index (χ3v) is 4.20. The topological polar surface area (TPSA) is 75.4 Å². The number of benzene rings is 2. The van der Waals surface area contributed by atoms with Gasteiger partial charge in [0.2, 0.25) is 11.8 Å². The van der Waals surface area contributed by atoms with E-state index in [0.717, 1.165) is 11.6 Å². The van der Waals surface area contributed by atoms with Crippen molar-refractivity contribution < 1.29 is 22.8 Å². The number of carbonyl (C=O) groups is 2. The second kappa shape index (κ2) is 10.8. The van der Waals surface area contributed by atoms with Crippen LogP contribution in [-0.2, 0) is 15.8 Å². The minimum Gasteiger partial charge on any atom is -0.334 e. The predicted octanol–water partition coefficient (Wildman–Crippen LogP) is 4.00. The van der Waals surface area contributed by atoms with Crippen molar-refractivity contribution >= 4 is 29.9 Å². The van der Waals surface area contributed by atoms with Crippen LogP contribution in [0.15, 0.2) is 54.6 Å². The SMILES string of the molecule is CCN(CC(=O)Nc1ccccc1C(F)(F)F)C(=O)CC(N)c1ccccc1.Cl. The van der Waals surface area contributed by atoms with Gasteiger partial charge in [-0.25, -0.2) is 0 Å². The molecule has 0 aliphatic rings. The fourth-order valence-corrected chi connectivity index (χ4v) is 2.71. The molecule has 2 aromatic rings. The van der Waals surface area contributed by atoms with Gasteiger partial charge in [0.05, 0.1) is 17.8 Å². The lowest BCUT2D eigenvalue weighted by Gasteiger charge is -2.23. The van der Waals surface area contributed by atoms with Crippen LogP contribution in [0.25, 0.3) is 0 Å². The van der Waals surface area contributed by atoms with Gasteiger partial charge >= 0.3 is 6.18 Å². The van der Waals surface area contributed by atoms with Crippen LogP contribution in [0.4, 0.5) is 18.9 Å². The molecule has 1 unspecified atom stereocenters. The van der Waals surface area contributed by atoms with Crippen molar-refractivity contribution in [3.63, 3.8) is 0 Å². The number of nitrogens with zero attached hydrogens (tertiary/aromatic N) is 1. The van der Waals surface area contributed by atoms with Gasteiger partial charge in [-0.1, -0.05) is 42.5 Å². The fourth-order valence-electron chi connectivity index (χ4n) is 2.71. The molecule has 9 heteroatoms. The second-order valence-electron chi connectivity index (χ2n) is 6.22. The maximum absolute atomic E-state index is 13.0. The maximum Gasteiger partial charge on any atom is 0.418 e. The number of hydrogen-bond acceptors (Lipinski definition) is 3. The Hall–Kier alpha value is -2.58. The van der Waals surface area contributed by atoms with E-state index in [9.17, 15) is 22.8 Å². The molecule has 0 radical (unpaired) electrons. The third-order valence-electron chi connectivity index (χ3n) is 4.20. The summed E-state index contributed by atoms with van der Waals surface area (Å²) in [4.78, 5) is 25.9. The number of amides is 2. The lowest BCUT2D eigenvalue weighted by Crippen LogP contribution is -2.39. The van der Waals surface area contributed by atoms with Crippen LogP contribution in [0.1, 0.15) is 30.5 Å². The summed E-state index contributed by atoms with van der Waals surface area (Å²) in [7, 11) is 0. The van der Waals surface area contributed by atoms with E-state index >= 15 is 0 Å². The Morgan fingerprint density at radius 3 is 2.24 bits per heavy atom. The molecule has 2 aromatic carbocycles. The molecule has 0 aliphatic carbocycles. The van der Waals surface area contributed by atoms with Crippen molar-refractivity contribution in [3.8, 4) is 0 Å². The monoisotopic (exact) mass is 429 g/mol. The first-order chi connectivity index (χ1) is 13.2. The molecule has 2 rings (SSSR count). The first-order valence-corrected chi connectivity index (χ1v) is 8.76. The highest BCUT2D eigenvalue weighted by Crippen LogP contribution is 2.34. The van der Waals surface area contributed by atoms with Crippen LogP contribution in [0, 0.1) is 0 Å². The van der Waals surface area contributed by atoms with E-state index in [0.29, 0.717) is 0 Å². The van der Waals surface area contributed by atoms with E-state index in [2.05, 4.69) is 5.32 Å². The number of hydrogen-bond donors (Lipinski definition) is 2. The number of nitrogens with two attached hydrogens (primary N) is 1. The molecular weight excluding hydrogens is 407 g/mol. The van der Waals surface area contributed by atoms with Gasteiger partial charge in [-0.05, 0) is 24.6 Å². The molecule has 0 fully saturated rings. The molecular formula is C20H23ClF3N3O2. The molecule has 158 valence electrons. The fraction of sp³-hybridized carbons (Fsp3) is 0.300. The number of carbonyl (C=O) groups excluding carboxylic acids is 2. The number of rotatable bonds is 7. The van der Waals surface area contributed by atoms with Gasteiger partial charge in [0.25, 0.3) is 0 Å². The van der Waals surface area contributed by atoms with Gasteiger partial charge in [0.1, 0.15) is 0 Å². The van der Waals surface area contributed by atoms with E-state index < -0.39 is 23.7 Å². The summed E-state index contributed by atoms with van der Waals surface area (Å²) in [5.74, 6) is -1.06. The predicted molar refractivity (Wildman–Crippen MR) is 108 cm³/mol. The maximum atomic E-state index is 13.0. The Kier molecular flexibility index (Phi) is 9.13. The van der Waals surface area contributed by atoms with Gasteiger partial charge in [0, 0.05) is 19.0 Å². The van der Waals surface area contributed by atoms with Gasteiger partial charge in [-0.15, -0.1) is 12.4 Å². The molecule has 3 N–H and O–H groups in total. The van der Waals surface area contributed by atoms with Crippen LogP contribution >= 0.6 is 12.4 Å². The number of para-hydroxylation sites is 1. The Morgan fingerprint density at radius 2 is 1.66 bits per heavy atom. The average Bonchev–Trinajstić information content (AvgIpc) is 2.66. The molecule has 5 nitrogen and oxygen atoms in total. The number of anilines is 1. The third kappa shape index (κ3) is 7.07. The standard InChI is InChI=1S/C20H22F3N3O2.ClH/c1-2-26(19(28)12-16(24)14-8-4-3-5-9-14)13-18(27)25-17-11-7-6-10-15(17)20(21,22)23;/h3-11,16H,2,12-13,24H2,1H3,(H,25,27);1H. The van der Waals surface area contributed by atoms with Crippen molar-refractivity contribution in [1.29, 1.82) is 0 Å². The second-order valence-corrected chi connectivity index (χ2v) is 6.22. The Balaban J connectivity index is 0.00000420. The van der Waals surface area contributed by atoms with Gasteiger partial charge in [-0.2, -0.15) is 13.2 Å². The van der Waals surface area contributed by atoms with Crippen molar-refractivity contribution in [1.82, 2.24) is 4.90 Å². The van der Waals surface area contributed by atoms with Crippen molar-refractivity contribution in [2.45, 2.75) is 25.6 Å². The molecule has 0 aliphatic heterocycles. The first kappa shape index (κ1) is 24.5. The van der Waals surface area contributed by atoms with Gasteiger partial charge in [0.15, 0.2) is 0 Å². The summed E-state index contributed by atoms with van der Waals surface area (Å²) in [6, 6.07) is 13.2. The molecule has 2 amide bonds. The largest absolute Gasteiger partial charge is 0.418 e. The van der Waals surface area contributed by atoms with E-state index in [1.54, 1.807) is 19.1 Å². The summed E-state index contributed by atoms with van der Waals surface area (Å²) >= 11 is 0. The van der Waals surface area contributed by atoms with Gasteiger partial charge in [-0.3, -0.25) is 9.59 Å². The summed E-state index contributed by atoms with van der Waals surface area (Å²) < 4.78 is 39.1. The van der Waals surface area contributed by atoms with Crippen LogP contribution in [0.5, 0.6) is 0 Å². The Morgan fingerprint density at radius 1 is 1.07 bits per heavy atom. The summed E-state index contributed by atoms with van der Waals surface area (Å²) in [5, 5.41) is 2.24. The highest BCUT2D eigenvalue weighted by atomic mass is 35.5. The van der Waals surface area contributed by atoms with Crippen LogP contribution < -0.4 is 11.1 Å². The zero-order chi connectivity index (χ0) is 20.7. The van der Waals surface area contributed by atoms with E-state index in [4.69, 9.17) is 5.73 Å². The van der Waals surface area contributed by atoms with Gasteiger partial charge < -0.3 is 16.0 Å². The van der Waals surface area contributed by atoms with Crippen LogP contribution in [-0.4, -0.2) is 29.8 Å². The highest BCUT2D eigenvalue weighted by Gasteiger charge is 2.33. The quantitative estimate of drug-likeness (QED) is 0.698. The average molecular weight is 430 g/mol. The van der Waals surface area contributed by atoms with Crippen molar-refractivity contribution in [2.24, 2.45) is 5.73 Å². The Labute approximate surface area is 173 Å². The van der Waals surface area contributed by atoms with Crippen LogP contribution in [0.2, 0.25) is 0 Å². The van der Waals surface area contributed by atoms with E-state index in [1.807, 2.05) is 18.2 Å². The zero-order valence-corrected chi connectivity index (χ0v) is 16.6. The molecule has 29 heavy (non-hydrogen) atoms. The van der Waals surface area contributed by atoms with Crippen LogP contribution in [0.3, 0.4) is 0 Å². The molecule has 0 aromatic heterocycles. The Bertz CT molecular complexity index is 816. The minimum absolute atomic E-state index is 0. The normalized spacial score (nSPS) is 11.9. The number of likely N-dealkylation sites (N-methyl/N-ethyl adjacent to an activating group) is 1. The summed E-state index contributed by atoms with van der Waals surface area (Å²) in [6.45, 7) is 1.56. The molecule has 0 bridgehead atoms. The zero-order valence-electron chi connectivity index (χ0n) is 15.8. The molecule has 1 atom stereocenters. The van der Waals surface area contributed by atoms with Crippen molar-refractivity contribution in [2.75, 3.05) is 18.4 Å².